The summed E-state index contributed by atoms with van der Waals surface area (Å²) in [4.78, 5) is 24.1. The van der Waals surface area contributed by atoms with Crippen molar-refractivity contribution in [3.8, 4) is 5.75 Å². The molecule has 1 amide bonds. The number of hydrogen-bond donors (Lipinski definition) is 2. The lowest BCUT2D eigenvalue weighted by Gasteiger charge is -2.24. The van der Waals surface area contributed by atoms with Gasteiger partial charge in [-0.25, -0.2) is 4.79 Å². The Labute approximate surface area is 126 Å². The van der Waals surface area contributed by atoms with Crippen molar-refractivity contribution < 1.29 is 32.1 Å². The number of phenolic OH excluding ortho intramolecular Hbond substituents is 1. The second-order valence-corrected chi connectivity index (χ2v) is 6.69. The molecule has 0 aromatic heterocycles. The summed E-state index contributed by atoms with van der Waals surface area (Å²) in [7, 11) is -4.89. The molecular formula is C13H14FNO6S. The molecule has 1 saturated heterocycles. The average molecular weight is 331 g/mol. The largest absolute Gasteiger partial charge is 0.508 e. The van der Waals surface area contributed by atoms with Gasteiger partial charge in [-0.05, 0) is 17.7 Å². The van der Waals surface area contributed by atoms with Crippen LogP contribution in [0, 0.1) is 0 Å². The second kappa shape index (κ2) is 5.91. The number of phenols is 1. The van der Waals surface area contributed by atoms with Crippen LogP contribution in [-0.4, -0.2) is 53.2 Å². The molecule has 0 bridgehead atoms. The van der Waals surface area contributed by atoms with E-state index in [0.29, 0.717) is 5.56 Å². The highest BCUT2D eigenvalue weighted by molar-refractivity contribution is 7.87. The van der Waals surface area contributed by atoms with E-state index in [2.05, 4.69) is 0 Å². The number of hydrogen-bond acceptors (Lipinski definition) is 5. The van der Waals surface area contributed by atoms with Gasteiger partial charge in [0.1, 0.15) is 17.0 Å². The van der Waals surface area contributed by atoms with Crippen molar-refractivity contribution in [1.29, 1.82) is 0 Å². The minimum absolute atomic E-state index is 0.0106. The predicted octanol–water partition coefficient (Wildman–Crippen LogP) is 0.288. The second-order valence-electron chi connectivity index (χ2n) is 5.07. The van der Waals surface area contributed by atoms with Gasteiger partial charge in [0.25, 0.3) is 0 Å². The number of aromatic hydroxyl groups is 1. The van der Waals surface area contributed by atoms with Crippen LogP contribution in [0.3, 0.4) is 0 Å². The SMILES string of the molecule is O=C(O)[C@H](Cc1ccc(O)cc1)N1CC(S(=O)(=O)F)CC1=O. The summed E-state index contributed by atoms with van der Waals surface area (Å²) in [6.45, 7) is -0.479. The monoisotopic (exact) mass is 331 g/mol. The minimum atomic E-state index is -4.89. The van der Waals surface area contributed by atoms with Gasteiger partial charge in [-0.2, -0.15) is 8.42 Å². The van der Waals surface area contributed by atoms with E-state index in [1.54, 1.807) is 0 Å². The van der Waals surface area contributed by atoms with Crippen molar-refractivity contribution >= 4 is 22.1 Å². The lowest BCUT2D eigenvalue weighted by molar-refractivity contribution is -0.148. The Hall–Kier alpha value is -2.16. The van der Waals surface area contributed by atoms with Crippen LogP contribution in [0.15, 0.2) is 24.3 Å². The van der Waals surface area contributed by atoms with Crippen molar-refractivity contribution in [3.63, 3.8) is 0 Å². The molecule has 0 spiro atoms. The van der Waals surface area contributed by atoms with E-state index in [-0.39, 0.29) is 12.2 Å². The summed E-state index contributed by atoms with van der Waals surface area (Å²) in [5, 5.41) is 16.9. The number of benzene rings is 1. The van der Waals surface area contributed by atoms with Gasteiger partial charge < -0.3 is 15.1 Å². The number of rotatable bonds is 5. The molecule has 1 aliphatic rings. The van der Waals surface area contributed by atoms with E-state index in [9.17, 15) is 32.1 Å². The Kier molecular flexibility index (Phi) is 4.36. The van der Waals surface area contributed by atoms with E-state index in [0.717, 1.165) is 4.90 Å². The highest BCUT2D eigenvalue weighted by Gasteiger charge is 2.43. The van der Waals surface area contributed by atoms with Crippen molar-refractivity contribution in [2.45, 2.75) is 24.1 Å². The number of likely N-dealkylation sites (tertiary alicyclic amines) is 1. The van der Waals surface area contributed by atoms with Gasteiger partial charge in [0.2, 0.25) is 5.91 Å². The first kappa shape index (κ1) is 16.2. The molecule has 1 unspecified atom stereocenters. The maximum atomic E-state index is 13.0. The molecule has 0 saturated carbocycles. The highest BCUT2D eigenvalue weighted by atomic mass is 32.3. The Balaban J connectivity index is 2.20. The summed E-state index contributed by atoms with van der Waals surface area (Å²) in [5.41, 5.74) is 0.546. The van der Waals surface area contributed by atoms with E-state index < -0.39 is 46.4 Å². The summed E-state index contributed by atoms with van der Waals surface area (Å²) in [6, 6.07) is 4.44. The van der Waals surface area contributed by atoms with Crippen LogP contribution >= 0.6 is 0 Å². The number of carbonyl (C=O) groups is 2. The molecule has 0 radical (unpaired) electrons. The molecule has 2 rings (SSSR count). The molecule has 22 heavy (non-hydrogen) atoms. The Morgan fingerprint density at radius 2 is 1.95 bits per heavy atom. The third-order valence-corrected chi connectivity index (χ3v) is 4.66. The molecule has 1 aliphatic heterocycles. The van der Waals surface area contributed by atoms with E-state index >= 15 is 0 Å². The number of amides is 1. The molecule has 9 heteroatoms. The standard InChI is InChI=1S/C13H14FNO6S/c14-22(20,21)10-6-12(17)15(7-10)11(13(18)19)5-8-1-3-9(16)4-2-8/h1-4,10-11,16H,5-7H2,(H,18,19)/t10?,11-/m0/s1. The van der Waals surface area contributed by atoms with Crippen LogP contribution in [0.4, 0.5) is 3.89 Å². The van der Waals surface area contributed by atoms with Crippen LogP contribution in [0.25, 0.3) is 0 Å². The molecular weight excluding hydrogens is 317 g/mol. The fourth-order valence-corrected chi connectivity index (χ4v) is 3.05. The van der Waals surface area contributed by atoms with Crippen LogP contribution in [0.5, 0.6) is 5.75 Å². The fourth-order valence-electron chi connectivity index (χ4n) is 2.37. The normalized spacial score (nSPS) is 20.1. The number of halogens is 1. The van der Waals surface area contributed by atoms with Crippen molar-refractivity contribution in [3.05, 3.63) is 29.8 Å². The van der Waals surface area contributed by atoms with Crippen LogP contribution < -0.4 is 0 Å². The quantitative estimate of drug-likeness (QED) is 0.750. The Bertz CT molecular complexity index is 687. The molecule has 1 fully saturated rings. The van der Waals surface area contributed by atoms with Gasteiger partial charge in [0.15, 0.2) is 0 Å². The Morgan fingerprint density at radius 3 is 2.41 bits per heavy atom. The first-order valence-electron chi connectivity index (χ1n) is 6.42. The van der Waals surface area contributed by atoms with Crippen LogP contribution in [-0.2, 0) is 26.2 Å². The predicted molar refractivity (Wildman–Crippen MR) is 73.4 cm³/mol. The minimum Gasteiger partial charge on any atom is -0.508 e. The summed E-state index contributed by atoms with van der Waals surface area (Å²) in [5.74, 6) is -2.01. The maximum absolute atomic E-state index is 13.0. The fraction of sp³-hybridized carbons (Fsp3) is 0.385. The smallest absolute Gasteiger partial charge is 0.326 e. The zero-order valence-corrected chi connectivity index (χ0v) is 12.2. The van der Waals surface area contributed by atoms with Gasteiger partial charge in [-0.3, -0.25) is 4.79 Å². The zero-order chi connectivity index (χ0) is 16.5. The lowest BCUT2D eigenvalue weighted by atomic mass is 10.0. The number of aliphatic carboxylic acids is 1. The average Bonchev–Trinajstić information content (AvgIpc) is 2.79. The van der Waals surface area contributed by atoms with Gasteiger partial charge >= 0.3 is 16.2 Å². The molecule has 7 nitrogen and oxygen atoms in total. The summed E-state index contributed by atoms with van der Waals surface area (Å²) in [6.07, 6.45) is -0.626. The van der Waals surface area contributed by atoms with Crippen molar-refractivity contribution in [2.75, 3.05) is 6.54 Å². The number of carbonyl (C=O) groups excluding carboxylic acids is 1. The molecule has 2 N–H and O–H groups in total. The van der Waals surface area contributed by atoms with Crippen molar-refractivity contribution in [2.24, 2.45) is 0 Å². The first-order valence-corrected chi connectivity index (χ1v) is 7.87. The van der Waals surface area contributed by atoms with Gasteiger partial charge in [-0.15, -0.1) is 3.89 Å². The molecule has 0 aliphatic carbocycles. The highest BCUT2D eigenvalue weighted by Crippen LogP contribution is 2.24. The van der Waals surface area contributed by atoms with Crippen LogP contribution in [0.2, 0.25) is 0 Å². The molecule has 1 heterocycles. The summed E-state index contributed by atoms with van der Waals surface area (Å²) >= 11 is 0. The maximum Gasteiger partial charge on any atom is 0.326 e. The Morgan fingerprint density at radius 1 is 1.36 bits per heavy atom. The molecule has 120 valence electrons. The van der Waals surface area contributed by atoms with Crippen LogP contribution in [0.1, 0.15) is 12.0 Å². The number of carboxylic acids is 1. The first-order chi connectivity index (χ1) is 10.2. The molecule has 1 aromatic carbocycles. The lowest BCUT2D eigenvalue weighted by Crippen LogP contribution is -2.44. The third kappa shape index (κ3) is 3.53. The molecule has 1 aromatic rings. The third-order valence-electron chi connectivity index (χ3n) is 3.55. The number of nitrogens with zero attached hydrogens (tertiary/aromatic N) is 1. The van der Waals surface area contributed by atoms with Gasteiger partial charge in [0, 0.05) is 19.4 Å². The summed E-state index contributed by atoms with van der Waals surface area (Å²) < 4.78 is 34.8. The van der Waals surface area contributed by atoms with Crippen molar-refractivity contribution in [1.82, 2.24) is 4.90 Å². The van der Waals surface area contributed by atoms with E-state index in [4.69, 9.17) is 0 Å². The van der Waals surface area contributed by atoms with Gasteiger partial charge in [-0.1, -0.05) is 12.1 Å². The molecule has 2 atom stereocenters. The van der Waals surface area contributed by atoms with Gasteiger partial charge in [0.05, 0.1) is 0 Å². The zero-order valence-electron chi connectivity index (χ0n) is 11.3. The topological polar surface area (TPSA) is 112 Å². The van der Waals surface area contributed by atoms with E-state index in [1.807, 2.05) is 0 Å². The number of carboxylic acid groups (broad SMARTS) is 1. The van der Waals surface area contributed by atoms with E-state index in [1.165, 1.54) is 24.3 Å².